The van der Waals surface area contributed by atoms with Crippen molar-refractivity contribution in [3.63, 3.8) is 0 Å². The van der Waals surface area contributed by atoms with E-state index in [1.807, 2.05) is 12.1 Å². The van der Waals surface area contributed by atoms with Gasteiger partial charge >= 0.3 is 6.18 Å². The number of aliphatic imine (C=N–C) groups is 1. The van der Waals surface area contributed by atoms with E-state index >= 15 is 0 Å². The maximum absolute atomic E-state index is 13.2. The smallest absolute Gasteiger partial charge is 0.378 e. The Hall–Kier alpha value is -2.41. The number of hydrogen-bond donors (Lipinski definition) is 0. The lowest BCUT2D eigenvalue weighted by Crippen LogP contribution is -2.36. The SMILES string of the molecule is FC(F)(F)c1cc2c(c(-c3ccc(N4CCOCC4)nc3)c1)C=NC2. The van der Waals surface area contributed by atoms with E-state index in [4.69, 9.17) is 4.74 Å². The number of fused-ring (bicyclic) bond motifs is 1. The van der Waals surface area contributed by atoms with Gasteiger partial charge in [0.1, 0.15) is 5.82 Å². The first-order chi connectivity index (χ1) is 12.0. The van der Waals surface area contributed by atoms with Crippen LogP contribution in [0.1, 0.15) is 16.7 Å². The van der Waals surface area contributed by atoms with Gasteiger partial charge in [-0.2, -0.15) is 13.2 Å². The molecule has 0 unspecified atom stereocenters. The first-order valence-electron chi connectivity index (χ1n) is 8.05. The molecule has 4 nitrogen and oxygen atoms in total. The van der Waals surface area contributed by atoms with Crippen molar-refractivity contribution in [2.45, 2.75) is 12.7 Å². The van der Waals surface area contributed by atoms with Crippen molar-refractivity contribution in [3.8, 4) is 11.1 Å². The quantitative estimate of drug-likeness (QED) is 0.834. The molecule has 0 bridgehead atoms. The molecule has 25 heavy (non-hydrogen) atoms. The van der Waals surface area contributed by atoms with Crippen molar-refractivity contribution in [3.05, 3.63) is 47.2 Å². The van der Waals surface area contributed by atoms with Gasteiger partial charge in [-0.15, -0.1) is 0 Å². The Labute approximate surface area is 143 Å². The van der Waals surface area contributed by atoms with Crippen molar-refractivity contribution in [2.75, 3.05) is 31.2 Å². The molecule has 1 aromatic carbocycles. The maximum atomic E-state index is 13.2. The van der Waals surface area contributed by atoms with Gasteiger partial charge in [0.15, 0.2) is 0 Å². The molecule has 0 saturated carbocycles. The zero-order chi connectivity index (χ0) is 17.4. The predicted molar refractivity (Wildman–Crippen MR) is 89.0 cm³/mol. The molecule has 0 radical (unpaired) electrons. The van der Waals surface area contributed by atoms with Crippen LogP contribution in [0.3, 0.4) is 0 Å². The molecule has 0 N–H and O–H groups in total. The van der Waals surface area contributed by atoms with Gasteiger partial charge in [-0.05, 0) is 35.4 Å². The molecule has 0 atom stereocenters. The average molecular weight is 347 g/mol. The third kappa shape index (κ3) is 3.11. The maximum Gasteiger partial charge on any atom is 0.416 e. The molecule has 2 aliphatic rings. The topological polar surface area (TPSA) is 37.7 Å². The summed E-state index contributed by atoms with van der Waals surface area (Å²) in [6.45, 7) is 3.11. The van der Waals surface area contributed by atoms with Gasteiger partial charge < -0.3 is 9.64 Å². The predicted octanol–water partition coefficient (Wildman–Crippen LogP) is 3.54. The van der Waals surface area contributed by atoms with Crippen molar-refractivity contribution < 1.29 is 17.9 Å². The Morgan fingerprint density at radius 1 is 1.08 bits per heavy atom. The summed E-state index contributed by atoms with van der Waals surface area (Å²) < 4.78 is 44.9. The highest BCUT2D eigenvalue weighted by atomic mass is 19.4. The molecule has 2 aromatic rings. The van der Waals surface area contributed by atoms with Crippen LogP contribution in [0.5, 0.6) is 0 Å². The summed E-state index contributed by atoms with van der Waals surface area (Å²) in [6, 6.07) is 6.03. The van der Waals surface area contributed by atoms with E-state index in [0.717, 1.165) is 24.5 Å². The zero-order valence-electron chi connectivity index (χ0n) is 13.4. The minimum atomic E-state index is -4.38. The summed E-state index contributed by atoms with van der Waals surface area (Å²) in [4.78, 5) is 10.7. The minimum Gasteiger partial charge on any atom is -0.378 e. The van der Waals surface area contributed by atoms with Crippen molar-refractivity contribution >= 4 is 12.0 Å². The highest BCUT2D eigenvalue weighted by Crippen LogP contribution is 2.37. The van der Waals surface area contributed by atoms with E-state index in [1.165, 1.54) is 12.1 Å². The average Bonchev–Trinajstić information content (AvgIpc) is 3.10. The second-order valence-corrected chi connectivity index (χ2v) is 6.07. The van der Waals surface area contributed by atoms with E-state index in [9.17, 15) is 13.2 Å². The van der Waals surface area contributed by atoms with Crippen LogP contribution in [0.25, 0.3) is 11.1 Å². The van der Waals surface area contributed by atoms with E-state index < -0.39 is 11.7 Å². The number of morpholine rings is 1. The van der Waals surface area contributed by atoms with Crippen LogP contribution in [0.15, 0.2) is 35.5 Å². The number of hydrogen-bond acceptors (Lipinski definition) is 4. The van der Waals surface area contributed by atoms with Crippen molar-refractivity contribution in [1.29, 1.82) is 0 Å². The second-order valence-electron chi connectivity index (χ2n) is 6.07. The molecule has 1 aromatic heterocycles. The molecule has 2 aliphatic heterocycles. The van der Waals surface area contributed by atoms with Gasteiger partial charge in [-0.1, -0.05) is 0 Å². The number of benzene rings is 1. The minimum absolute atomic E-state index is 0.283. The van der Waals surface area contributed by atoms with Crippen LogP contribution < -0.4 is 4.90 Å². The molecule has 1 fully saturated rings. The van der Waals surface area contributed by atoms with Gasteiger partial charge in [0.05, 0.1) is 25.3 Å². The third-order valence-corrected chi connectivity index (χ3v) is 4.47. The van der Waals surface area contributed by atoms with Crippen LogP contribution in [0, 0.1) is 0 Å². The van der Waals surface area contributed by atoms with Gasteiger partial charge in [0.25, 0.3) is 0 Å². The molecule has 0 aliphatic carbocycles. The van der Waals surface area contributed by atoms with E-state index in [1.54, 1.807) is 12.4 Å². The summed E-state index contributed by atoms with van der Waals surface area (Å²) in [5.74, 6) is 0.810. The molecule has 0 spiro atoms. The Morgan fingerprint density at radius 3 is 2.56 bits per heavy atom. The monoisotopic (exact) mass is 347 g/mol. The number of pyridine rings is 1. The lowest BCUT2D eigenvalue weighted by Gasteiger charge is -2.27. The number of halogens is 3. The van der Waals surface area contributed by atoms with Crippen LogP contribution in [0.2, 0.25) is 0 Å². The van der Waals surface area contributed by atoms with Crippen LogP contribution in [-0.2, 0) is 17.5 Å². The van der Waals surface area contributed by atoms with Gasteiger partial charge in [0, 0.05) is 36.6 Å². The lowest BCUT2D eigenvalue weighted by atomic mass is 9.95. The summed E-state index contributed by atoms with van der Waals surface area (Å²) >= 11 is 0. The lowest BCUT2D eigenvalue weighted by molar-refractivity contribution is -0.137. The molecule has 130 valence electrons. The highest BCUT2D eigenvalue weighted by molar-refractivity contribution is 5.94. The van der Waals surface area contributed by atoms with Gasteiger partial charge in [-0.25, -0.2) is 4.98 Å². The summed E-state index contributed by atoms with van der Waals surface area (Å²) in [5, 5.41) is 0. The molecule has 1 saturated heterocycles. The second kappa shape index (κ2) is 6.15. The largest absolute Gasteiger partial charge is 0.416 e. The summed E-state index contributed by atoms with van der Waals surface area (Å²) in [5.41, 5.74) is 1.87. The molecule has 3 heterocycles. The van der Waals surface area contributed by atoms with Crippen molar-refractivity contribution in [2.24, 2.45) is 4.99 Å². The third-order valence-electron chi connectivity index (χ3n) is 4.47. The fourth-order valence-electron chi connectivity index (χ4n) is 3.16. The molecule has 4 rings (SSSR count). The van der Waals surface area contributed by atoms with E-state index in [0.29, 0.717) is 29.9 Å². The Bertz CT molecular complexity index is 810. The number of rotatable bonds is 2. The Morgan fingerprint density at radius 2 is 1.88 bits per heavy atom. The van der Waals surface area contributed by atoms with Gasteiger partial charge in [-0.3, -0.25) is 4.99 Å². The van der Waals surface area contributed by atoms with E-state index in [2.05, 4.69) is 14.9 Å². The summed E-state index contributed by atoms with van der Waals surface area (Å²) in [7, 11) is 0. The fourth-order valence-corrected chi connectivity index (χ4v) is 3.16. The first kappa shape index (κ1) is 16.1. The van der Waals surface area contributed by atoms with Crippen molar-refractivity contribution in [1.82, 2.24) is 4.98 Å². The van der Waals surface area contributed by atoms with Crippen LogP contribution in [-0.4, -0.2) is 37.5 Å². The zero-order valence-corrected chi connectivity index (χ0v) is 13.4. The number of ether oxygens (including phenoxy) is 1. The van der Waals surface area contributed by atoms with E-state index in [-0.39, 0.29) is 6.54 Å². The highest BCUT2D eigenvalue weighted by Gasteiger charge is 2.32. The van der Waals surface area contributed by atoms with Crippen LogP contribution in [0.4, 0.5) is 19.0 Å². The standard InChI is InChI=1S/C18H16F3N3O/c19-18(20,21)14-7-13-9-22-11-16(13)15(8-14)12-1-2-17(23-10-12)24-3-5-25-6-4-24/h1-2,7-8,10-11H,3-6,9H2. The normalized spacial score (nSPS) is 17.0. The number of aromatic nitrogens is 1. The molecule has 7 heteroatoms. The van der Waals surface area contributed by atoms with Gasteiger partial charge in [0.2, 0.25) is 0 Å². The number of alkyl halides is 3. The van der Waals surface area contributed by atoms with Crippen LogP contribution >= 0.6 is 0 Å². The fraction of sp³-hybridized carbons (Fsp3) is 0.333. The summed E-state index contributed by atoms with van der Waals surface area (Å²) in [6.07, 6.45) is -1.11. The molecular formula is C18H16F3N3O. The Balaban J connectivity index is 1.71. The number of nitrogens with zero attached hydrogens (tertiary/aromatic N) is 3. The number of anilines is 1. The Kier molecular flexibility index (Phi) is 3.95. The first-order valence-corrected chi connectivity index (χ1v) is 8.05. The molecular weight excluding hydrogens is 331 g/mol. The molecule has 0 amide bonds.